The van der Waals surface area contributed by atoms with Crippen LogP contribution in [0.25, 0.3) is 0 Å². The van der Waals surface area contributed by atoms with E-state index in [9.17, 15) is 0 Å². The second-order valence-electron chi connectivity index (χ2n) is 4.83. The molecule has 0 aromatic heterocycles. The molecule has 2 heteroatoms. The molecule has 1 unspecified atom stereocenters. The fourth-order valence-corrected chi connectivity index (χ4v) is 1.77. The maximum atomic E-state index is 5.20. The molecule has 1 atom stereocenters. The van der Waals surface area contributed by atoms with Gasteiger partial charge >= 0.3 is 0 Å². The van der Waals surface area contributed by atoms with Gasteiger partial charge in [0.05, 0.1) is 13.2 Å². The first-order valence-corrected chi connectivity index (χ1v) is 5.45. The van der Waals surface area contributed by atoms with Gasteiger partial charge in [-0.05, 0) is 18.9 Å². The van der Waals surface area contributed by atoms with Gasteiger partial charge in [-0.1, -0.05) is 27.2 Å². The van der Waals surface area contributed by atoms with E-state index in [0.29, 0.717) is 5.41 Å². The Balaban J connectivity index is 1.99. The Bertz CT molecular complexity index is 143. The first kappa shape index (κ1) is 11.0. The summed E-state index contributed by atoms with van der Waals surface area (Å²) in [5.74, 6) is 0.814. The highest BCUT2D eigenvalue weighted by Gasteiger charge is 2.32. The van der Waals surface area contributed by atoms with Crippen molar-refractivity contribution in [1.29, 1.82) is 0 Å². The van der Waals surface area contributed by atoms with Crippen LogP contribution in [0.1, 0.15) is 33.6 Å². The quantitative estimate of drug-likeness (QED) is 0.684. The van der Waals surface area contributed by atoms with Crippen molar-refractivity contribution in [3.8, 4) is 0 Å². The van der Waals surface area contributed by atoms with Gasteiger partial charge in [0.15, 0.2) is 0 Å². The van der Waals surface area contributed by atoms with Gasteiger partial charge in [-0.3, -0.25) is 0 Å². The van der Waals surface area contributed by atoms with Gasteiger partial charge in [-0.2, -0.15) is 0 Å². The Morgan fingerprint density at radius 3 is 2.62 bits per heavy atom. The minimum absolute atomic E-state index is 0.423. The van der Waals surface area contributed by atoms with Crippen LogP contribution < -0.4 is 5.32 Å². The summed E-state index contributed by atoms with van der Waals surface area (Å²) in [5, 5.41) is 3.53. The zero-order valence-corrected chi connectivity index (χ0v) is 9.23. The molecule has 2 nitrogen and oxygen atoms in total. The Hall–Kier alpha value is -0.0800. The summed E-state index contributed by atoms with van der Waals surface area (Å²) in [6.07, 6.45) is 2.63. The lowest BCUT2D eigenvalue weighted by Crippen LogP contribution is -2.47. The molecular formula is C11H23NO. The molecule has 78 valence electrons. The van der Waals surface area contributed by atoms with Crippen molar-refractivity contribution in [3.05, 3.63) is 0 Å². The van der Waals surface area contributed by atoms with Crippen molar-refractivity contribution in [2.24, 2.45) is 11.3 Å². The third-order valence-corrected chi connectivity index (χ3v) is 2.73. The molecule has 1 rings (SSSR count). The van der Waals surface area contributed by atoms with E-state index in [4.69, 9.17) is 4.74 Å². The van der Waals surface area contributed by atoms with E-state index in [1.165, 1.54) is 12.8 Å². The highest BCUT2D eigenvalue weighted by atomic mass is 16.5. The molecule has 0 saturated carbocycles. The molecule has 0 spiro atoms. The largest absolute Gasteiger partial charge is 0.380 e. The first-order chi connectivity index (χ1) is 6.16. The van der Waals surface area contributed by atoms with Crippen molar-refractivity contribution >= 4 is 0 Å². The van der Waals surface area contributed by atoms with E-state index in [1.54, 1.807) is 0 Å². The Morgan fingerprint density at radius 1 is 1.46 bits per heavy atom. The second-order valence-corrected chi connectivity index (χ2v) is 4.83. The summed E-state index contributed by atoms with van der Waals surface area (Å²) < 4.78 is 5.20. The van der Waals surface area contributed by atoms with Gasteiger partial charge in [-0.15, -0.1) is 0 Å². The van der Waals surface area contributed by atoms with E-state index in [-0.39, 0.29) is 0 Å². The van der Waals surface area contributed by atoms with Crippen molar-refractivity contribution in [1.82, 2.24) is 5.32 Å². The summed E-state index contributed by atoms with van der Waals surface area (Å²) in [7, 11) is 0. The molecule has 0 amide bonds. The minimum atomic E-state index is 0.423. The predicted molar refractivity (Wildman–Crippen MR) is 55.9 cm³/mol. The number of ether oxygens (including phenoxy) is 1. The van der Waals surface area contributed by atoms with Gasteiger partial charge in [0, 0.05) is 12.0 Å². The molecule has 0 radical (unpaired) electrons. The van der Waals surface area contributed by atoms with Crippen molar-refractivity contribution < 1.29 is 4.74 Å². The van der Waals surface area contributed by atoms with Crippen molar-refractivity contribution in [2.75, 3.05) is 26.3 Å². The normalized spacial score (nSPS) is 22.4. The highest BCUT2D eigenvalue weighted by molar-refractivity contribution is 4.82. The van der Waals surface area contributed by atoms with Crippen LogP contribution in [0, 0.1) is 11.3 Å². The molecule has 0 aliphatic carbocycles. The standard InChI is InChI=1S/C11H23NO/c1-4-5-10(2)6-12-7-11(3)8-13-9-11/h10,12H,4-9H2,1-3H3. The van der Waals surface area contributed by atoms with Gasteiger partial charge < -0.3 is 10.1 Å². The third-order valence-electron chi connectivity index (χ3n) is 2.73. The Morgan fingerprint density at radius 2 is 2.15 bits per heavy atom. The van der Waals surface area contributed by atoms with Crippen molar-refractivity contribution in [2.45, 2.75) is 33.6 Å². The smallest absolute Gasteiger partial charge is 0.0554 e. The summed E-state index contributed by atoms with van der Waals surface area (Å²) in [6.45, 7) is 11.0. The van der Waals surface area contributed by atoms with E-state index < -0.39 is 0 Å². The molecule has 13 heavy (non-hydrogen) atoms. The summed E-state index contributed by atoms with van der Waals surface area (Å²) in [4.78, 5) is 0. The van der Waals surface area contributed by atoms with E-state index in [1.807, 2.05) is 0 Å². The molecule has 1 heterocycles. The van der Waals surface area contributed by atoms with Gasteiger partial charge in [0.1, 0.15) is 0 Å². The summed E-state index contributed by atoms with van der Waals surface area (Å²) in [6, 6.07) is 0. The second kappa shape index (κ2) is 4.97. The van der Waals surface area contributed by atoms with E-state index >= 15 is 0 Å². The van der Waals surface area contributed by atoms with Crippen LogP contribution in [-0.4, -0.2) is 26.3 Å². The van der Waals surface area contributed by atoms with Crippen LogP contribution in [0.5, 0.6) is 0 Å². The number of rotatable bonds is 6. The molecule has 1 aliphatic heterocycles. The minimum Gasteiger partial charge on any atom is -0.380 e. The molecule has 1 saturated heterocycles. The zero-order valence-electron chi connectivity index (χ0n) is 9.23. The van der Waals surface area contributed by atoms with Crippen LogP contribution in [0.4, 0.5) is 0 Å². The van der Waals surface area contributed by atoms with Crippen LogP contribution in [0.2, 0.25) is 0 Å². The van der Waals surface area contributed by atoms with Crippen LogP contribution in [-0.2, 0) is 4.74 Å². The average Bonchev–Trinajstić information content (AvgIpc) is 2.02. The Labute approximate surface area is 82.0 Å². The van der Waals surface area contributed by atoms with Crippen LogP contribution in [0.3, 0.4) is 0 Å². The predicted octanol–water partition coefficient (Wildman–Crippen LogP) is 2.05. The lowest BCUT2D eigenvalue weighted by molar-refractivity contribution is -0.0991. The number of hydrogen-bond acceptors (Lipinski definition) is 2. The van der Waals surface area contributed by atoms with Crippen molar-refractivity contribution in [3.63, 3.8) is 0 Å². The first-order valence-electron chi connectivity index (χ1n) is 5.45. The Kier molecular flexibility index (Phi) is 4.20. The van der Waals surface area contributed by atoms with E-state index in [2.05, 4.69) is 26.1 Å². The lowest BCUT2D eigenvalue weighted by atomic mass is 9.88. The zero-order chi connectivity index (χ0) is 9.73. The number of hydrogen-bond donors (Lipinski definition) is 1. The summed E-state index contributed by atoms with van der Waals surface area (Å²) >= 11 is 0. The molecule has 1 fully saturated rings. The van der Waals surface area contributed by atoms with Gasteiger partial charge in [0.25, 0.3) is 0 Å². The third kappa shape index (κ3) is 3.65. The highest BCUT2D eigenvalue weighted by Crippen LogP contribution is 2.25. The maximum Gasteiger partial charge on any atom is 0.0554 e. The maximum absolute atomic E-state index is 5.20. The van der Waals surface area contributed by atoms with Gasteiger partial charge in [-0.25, -0.2) is 0 Å². The molecular weight excluding hydrogens is 162 g/mol. The SMILES string of the molecule is CCCC(C)CNCC1(C)COC1. The summed E-state index contributed by atoms with van der Waals surface area (Å²) in [5.41, 5.74) is 0.423. The molecule has 0 aromatic rings. The molecule has 0 aromatic carbocycles. The monoisotopic (exact) mass is 185 g/mol. The average molecular weight is 185 g/mol. The molecule has 1 aliphatic rings. The van der Waals surface area contributed by atoms with Crippen LogP contribution in [0.15, 0.2) is 0 Å². The fourth-order valence-electron chi connectivity index (χ4n) is 1.77. The number of nitrogens with one attached hydrogen (secondary N) is 1. The van der Waals surface area contributed by atoms with Crippen LogP contribution >= 0.6 is 0 Å². The van der Waals surface area contributed by atoms with E-state index in [0.717, 1.165) is 32.2 Å². The molecule has 0 bridgehead atoms. The molecule has 1 N–H and O–H groups in total. The van der Waals surface area contributed by atoms with Gasteiger partial charge in [0.2, 0.25) is 0 Å². The lowest BCUT2D eigenvalue weighted by Gasteiger charge is -2.38. The fraction of sp³-hybridized carbons (Fsp3) is 1.00. The topological polar surface area (TPSA) is 21.3 Å².